The monoisotopic (exact) mass is 355 g/mol. The van der Waals surface area contributed by atoms with Crippen LogP contribution in [0.25, 0.3) is 0 Å². The highest BCUT2D eigenvalue weighted by Gasteiger charge is 2.19. The molecular formula is C21H26FN3O. The number of carbonyl (C=O) groups excluding carboxylic acids is 1. The number of rotatable bonds is 6. The average Bonchev–Trinajstić information content (AvgIpc) is 2.65. The zero-order valence-corrected chi connectivity index (χ0v) is 15.2. The van der Waals surface area contributed by atoms with E-state index in [4.69, 9.17) is 0 Å². The van der Waals surface area contributed by atoms with Crippen LogP contribution in [0.4, 0.5) is 10.1 Å². The molecule has 1 fully saturated rings. The first-order valence-electron chi connectivity index (χ1n) is 9.21. The topological polar surface area (TPSA) is 35.6 Å². The van der Waals surface area contributed by atoms with Crippen molar-refractivity contribution in [2.75, 3.05) is 38.0 Å². The van der Waals surface area contributed by atoms with Crippen molar-refractivity contribution in [1.29, 1.82) is 0 Å². The van der Waals surface area contributed by atoms with E-state index in [1.165, 1.54) is 12.1 Å². The maximum atomic E-state index is 13.0. The number of nitrogens with one attached hydrogen (secondary N) is 1. The Morgan fingerprint density at radius 3 is 2.35 bits per heavy atom. The second kappa shape index (κ2) is 8.92. The molecule has 1 amide bonds. The molecule has 0 saturated carbocycles. The Balaban J connectivity index is 1.44. The predicted octanol–water partition coefficient (Wildman–Crippen LogP) is 3.14. The minimum absolute atomic E-state index is 0.0397. The van der Waals surface area contributed by atoms with E-state index in [0.717, 1.165) is 56.0 Å². The fourth-order valence-electron chi connectivity index (χ4n) is 3.30. The van der Waals surface area contributed by atoms with E-state index in [2.05, 4.69) is 22.0 Å². The SMILES string of the molecule is CCc1ccccc1NC(=O)CN1CCN(Cc2ccc(F)cc2)CC1. The highest BCUT2D eigenvalue weighted by atomic mass is 19.1. The Hall–Kier alpha value is -2.24. The molecule has 1 N–H and O–H groups in total. The van der Waals surface area contributed by atoms with Gasteiger partial charge < -0.3 is 5.32 Å². The maximum absolute atomic E-state index is 13.0. The van der Waals surface area contributed by atoms with Crippen molar-refractivity contribution in [3.63, 3.8) is 0 Å². The van der Waals surface area contributed by atoms with Gasteiger partial charge in [0.25, 0.3) is 0 Å². The molecule has 0 radical (unpaired) electrons. The summed E-state index contributed by atoms with van der Waals surface area (Å²) in [6, 6.07) is 14.6. The fraction of sp³-hybridized carbons (Fsp3) is 0.381. The molecule has 0 bridgehead atoms. The molecule has 26 heavy (non-hydrogen) atoms. The highest BCUT2D eigenvalue weighted by Crippen LogP contribution is 2.15. The van der Waals surface area contributed by atoms with Crippen LogP contribution in [0.15, 0.2) is 48.5 Å². The number of nitrogens with zero attached hydrogens (tertiary/aromatic N) is 2. The van der Waals surface area contributed by atoms with Crippen LogP contribution in [-0.4, -0.2) is 48.4 Å². The van der Waals surface area contributed by atoms with Gasteiger partial charge in [0, 0.05) is 38.4 Å². The lowest BCUT2D eigenvalue weighted by atomic mass is 10.1. The standard InChI is InChI=1S/C21H26FN3O/c1-2-18-5-3-4-6-20(18)23-21(26)16-25-13-11-24(12-14-25)15-17-7-9-19(22)10-8-17/h3-10H,2,11-16H2,1H3,(H,23,26). The van der Waals surface area contributed by atoms with E-state index in [1.54, 1.807) is 0 Å². The van der Waals surface area contributed by atoms with Crippen LogP contribution in [0.1, 0.15) is 18.1 Å². The van der Waals surface area contributed by atoms with Gasteiger partial charge >= 0.3 is 0 Å². The maximum Gasteiger partial charge on any atom is 0.238 e. The van der Waals surface area contributed by atoms with Crippen molar-refractivity contribution in [1.82, 2.24) is 9.80 Å². The molecule has 0 atom stereocenters. The van der Waals surface area contributed by atoms with Crippen LogP contribution in [-0.2, 0) is 17.8 Å². The first-order chi connectivity index (χ1) is 12.6. The summed E-state index contributed by atoms with van der Waals surface area (Å²) in [5.41, 5.74) is 3.19. The molecule has 5 heteroatoms. The second-order valence-electron chi connectivity index (χ2n) is 6.74. The summed E-state index contributed by atoms with van der Waals surface area (Å²) in [6.07, 6.45) is 0.901. The van der Waals surface area contributed by atoms with E-state index in [1.807, 2.05) is 36.4 Å². The average molecular weight is 355 g/mol. The summed E-state index contributed by atoms with van der Waals surface area (Å²) in [7, 11) is 0. The van der Waals surface area contributed by atoms with Gasteiger partial charge in [0.2, 0.25) is 5.91 Å². The number of amides is 1. The van der Waals surface area contributed by atoms with Crippen LogP contribution in [0.2, 0.25) is 0 Å². The molecule has 0 spiro atoms. The number of halogens is 1. The number of benzene rings is 2. The molecule has 3 rings (SSSR count). The van der Waals surface area contributed by atoms with Gasteiger partial charge in [-0.05, 0) is 35.7 Å². The molecule has 0 aromatic heterocycles. The van der Waals surface area contributed by atoms with Crippen molar-refractivity contribution < 1.29 is 9.18 Å². The van der Waals surface area contributed by atoms with Gasteiger partial charge in [-0.15, -0.1) is 0 Å². The smallest absolute Gasteiger partial charge is 0.238 e. The molecule has 1 heterocycles. The lowest BCUT2D eigenvalue weighted by Gasteiger charge is -2.34. The van der Waals surface area contributed by atoms with Crippen LogP contribution in [0.3, 0.4) is 0 Å². The van der Waals surface area contributed by atoms with Crippen LogP contribution < -0.4 is 5.32 Å². The number of anilines is 1. The fourth-order valence-corrected chi connectivity index (χ4v) is 3.30. The van der Waals surface area contributed by atoms with Gasteiger partial charge in [0.05, 0.1) is 6.54 Å². The van der Waals surface area contributed by atoms with E-state index in [9.17, 15) is 9.18 Å². The van der Waals surface area contributed by atoms with E-state index >= 15 is 0 Å². The summed E-state index contributed by atoms with van der Waals surface area (Å²) < 4.78 is 13.0. The molecule has 2 aromatic rings. The van der Waals surface area contributed by atoms with Gasteiger partial charge in [-0.3, -0.25) is 14.6 Å². The largest absolute Gasteiger partial charge is 0.325 e. The number of piperazine rings is 1. The van der Waals surface area contributed by atoms with Gasteiger partial charge in [-0.1, -0.05) is 37.3 Å². The molecular weight excluding hydrogens is 329 g/mol. The van der Waals surface area contributed by atoms with E-state index in [0.29, 0.717) is 6.54 Å². The minimum Gasteiger partial charge on any atom is -0.325 e. The number of hydrogen-bond donors (Lipinski definition) is 1. The molecule has 1 aliphatic heterocycles. The number of para-hydroxylation sites is 1. The van der Waals surface area contributed by atoms with Crippen molar-refractivity contribution in [3.05, 3.63) is 65.5 Å². The first-order valence-corrected chi connectivity index (χ1v) is 9.21. The molecule has 1 aliphatic rings. The number of aryl methyl sites for hydroxylation is 1. The third kappa shape index (κ3) is 5.13. The van der Waals surface area contributed by atoms with Crippen LogP contribution >= 0.6 is 0 Å². The highest BCUT2D eigenvalue weighted by molar-refractivity contribution is 5.93. The third-order valence-electron chi connectivity index (χ3n) is 4.82. The number of hydrogen-bond acceptors (Lipinski definition) is 3. The molecule has 1 saturated heterocycles. The summed E-state index contributed by atoms with van der Waals surface area (Å²) in [5, 5.41) is 3.04. The summed E-state index contributed by atoms with van der Waals surface area (Å²) in [4.78, 5) is 16.9. The summed E-state index contributed by atoms with van der Waals surface area (Å²) >= 11 is 0. The zero-order chi connectivity index (χ0) is 18.4. The van der Waals surface area contributed by atoms with Crippen molar-refractivity contribution in [2.45, 2.75) is 19.9 Å². The lowest BCUT2D eigenvalue weighted by molar-refractivity contribution is -0.117. The number of carbonyl (C=O) groups is 1. The zero-order valence-electron chi connectivity index (χ0n) is 15.2. The van der Waals surface area contributed by atoms with Crippen LogP contribution in [0.5, 0.6) is 0 Å². The van der Waals surface area contributed by atoms with Crippen molar-refractivity contribution in [2.24, 2.45) is 0 Å². The van der Waals surface area contributed by atoms with E-state index in [-0.39, 0.29) is 11.7 Å². The Kier molecular flexibility index (Phi) is 6.36. The van der Waals surface area contributed by atoms with Gasteiger partial charge in [-0.2, -0.15) is 0 Å². The van der Waals surface area contributed by atoms with Crippen molar-refractivity contribution >= 4 is 11.6 Å². The predicted molar refractivity (Wildman–Crippen MR) is 103 cm³/mol. The second-order valence-corrected chi connectivity index (χ2v) is 6.74. The van der Waals surface area contributed by atoms with Crippen molar-refractivity contribution in [3.8, 4) is 0 Å². The molecule has 138 valence electrons. The Bertz CT molecular complexity index is 724. The minimum atomic E-state index is -0.200. The van der Waals surface area contributed by atoms with Gasteiger partial charge in [0.1, 0.15) is 5.82 Å². The quantitative estimate of drug-likeness (QED) is 0.865. The normalized spacial score (nSPS) is 15.8. The van der Waals surface area contributed by atoms with E-state index < -0.39 is 0 Å². The Morgan fingerprint density at radius 2 is 1.65 bits per heavy atom. The van der Waals surface area contributed by atoms with Gasteiger partial charge in [0.15, 0.2) is 0 Å². The summed E-state index contributed by atoms with van der Waals surface area (Å²) in [5.74, 6) is -0.160. The van der Waals surface area contributed by atoms with Gasteiger partial charge in [-0.25, -0.2) is 4.39 Å². The third-order valence-corrected chi connectivity index (χ3v) is 4.82. The molecule has 0 aliphatic carbocycles. The first kappa shape index (κ1) is 18.5. The summed E-state index contributed by atoms with van der Waals surface area (Å²) in [6.45, 7) is 6.89. The molecule has 2 aromatic carbocycles. The Morgan fingerprint density at radius 1 is 1.00 bits per heavy atom. The lowest BCUT2D eigenvalue weighted by Crippen LogP contribution is -2.48. The molecule has 0 unspecified atom stereocenters. The molecule has 4 nitrogen and oxygen atoms in total. The Labute approximate surface area is 154 Å². The van der Waals surface area contributed by atoms with Crippen LogP contribution in [0, 0.1) is 5.82 Å².